The van der Waals surface area contributed by atoms with E-state index in [0.717, 1.165) is 22.3 Å². The van der Waals surface area contributed by atoms with Crippen molar-refractivity contribution in [3.63, 3.8) is 0 Å². The number of benzene rings is 2. The summed E-state index contributed by atoms with van der Waals surface area (Å²) in [7, 11) is 0. The molecule has 0 heterocycles. The van der Waals surface area contributed by atoms with Crippen LogP contribution in [0, 0.1) is 13.8 Å². The lowest BCUT2D eigenvalue weighted by atomic mass is 9.77. The monoisotopic (exact) mass is 464 g/mol. The number of esters is 2. The van der Waals surface area contributed by atoms with Crippen molar-refractivity contribution >= 4 is 11.9 Å². The normalized spacial score (nSPS) is 18.3. The van der Waals surface area contributed by atoms with E-state index in [0.29, 0.717) is 12.8 Å². The van der Waals surface area contributed by atoms with Crippen molar-refractivity contribution < 1.29 is 19.1 Å². The van der Waals surface area contributed by atoms with Crippen LogP contribution in [0.2, 0.25) is 0 Å². The predicted octanol–water partition coefficient (Wildman–Crippen LogP) is 6.91. The highest BCUT2D eigenvalue weighted by Gasteiger charge is 2.31. The Kier molecular flexibility index (Phi) is 7.04. The topological polar surface area (TPSA) is 52.6 Å². The SMILES string of the molecule is CC(=O)OC1Cc2cc(C(C)(C)C)cc(c2C)CC(OC(C)=O)c2cc(C(C)(C)C)cc1c2C. The second-order valence-corrected chi connectivity index (χ2v) is 11.8. The highest BCUT2D eigenvalue weighted by molar-refractivity contribution is 5.67. The van der Waals surface area contributed by atoms with E-state index in [2.05, 4.69) is 72.7 Å². The smallest absolute Gasteiger partial charge is 0.303 e. The molecule has 2 unspecified atom stereocenters. The van der Waals surface area contributed by atoms with Crippen LogP contribution in [0.25, 0.3) is 0 Å². The van der Waals surface area contributed by atoms with Gasteiger partial charge in [-0.15, -0.1) is 0 Å². The van der Waals surface area contributed by atoms with Gasteiger partial charge in [0.15, 0.2) is 0 Å². The van der Waals surface area contributed by atoms with Crippen molar-refractivity contribution in [1.29, 1.82) is 0 Å². The van der Waals surface area contributed by atoms with Crippen molar-refractivity contribution in [2.75, 3.05) is 0 Å². The fourth-order valence-corrected chi connectivity index (χ4v) is 4.79. The largest absolute Gasteiger partial charge is 0.457 e. The summed E-state index contributed by atoms with van der Waals surface area (Å²) >= 11 is 0. The molecule has 1 aliphatic carbocycles. The quantitative estimate of drug-likeness (QED) is 0.453. The molecule has 0 spiro atoms. The van der Waals surface area contributed by atoms with Crippen LogP contribution in [0.15, 0.2) is 24.3 Å². The molecular formula is C30H40O4. The Morgan fingerprint density at radius 1 is 0.676 bits per heavy atom. The van der Waals surface area contributed by atoms with Gasteiger partial charge in [0.25, 0.3) is 0 Å². The first-order valence-electron chi connectivity index (χ1n) is 12.2. The van der Waals surface area contributed by atoms with Gasteiger partial charge in [-0.05, 0) is 69.2 Å². The molecule has 4 heteroatoms. The number of rotatable bonds is 2. The zero-order valence-electron chi connectivity index (χ0n) is 22.5. The van der Waals surface area contributed by atoms with Gasteiger partial charge in [-0.2, -0.15) is 0 Å². The molecule has 0 saturated carbocycles. The van der Waals surface area contributed by atoms with Crippen molar-refractivity contribution in [3.8, 4) is 0 Å². The van der Waals surface area contributed by atoms with Crippen molar-refractivity contribution in [2.45, 2.75) is 105 Å². The number of hydrogen-bond acceptors (Lipinski definition) is 4. The second kappa shape index (κ2) is 9.20. The number of carbonyl (C=O) groups excluding carboxylic acids is 2. The predicted molar refractivity (Wildman–Crippen MR) is 136 cm³/mol. The van der Waals surface area contributed by atoms with E-state index in [1.165, 1.54) is 36.1 Å². The van der Waals surface area contributed by atoms with E-state index in [1.807, 2.05) is 6.92 Å². The number of hydrogen-bond donors (Lipinski definition) is 0. The van der Waals surface area contributed by atoms with Crippen molar-refractivity contribution in [3.05, 3.63) is 68.8 Å². The summed E-state index contributed by atoms with van der Waals surface area (Å²) in [5.41, 5.74) is 8.68. The lowest BCUT2D eigenvalue weighted by Crippen LogP contribution is -2.23. The molecule has 4 nitrogen and oxygen atoms in total. The highest BCUT2D eigenvalue weighted by atomic mass is 16.5. The average molecular weight is 465 g/mol. The highest BCUT2D eigenvalue weighted by Crippen LogP contribution is 2.40. The van der Waals surface area contributed by atoms with Gasteiger partial charge in [-0.25, -0.2) is 0 Å². The molecule has 184 valence electrons. The van der Waals surface area contributed by atoms with Gasteiger partial charge in [0.05, 0.1) is 0 Å². The van der Waals surface area contributed by atoms with E-state index in [9.17, 15) is 9.59 Å². The minimum atomic E-state index is -0.420. The molecule has 0 N–H and O–H groups in total. The van der Waals surface area contributed by atoms with Crippen molar-refractivity contribution in [2.24, 2.45) is 0 Å². The maximum atomic E-state index is 12.2. The lowest BCUT2D eigenvalue weighted by molar-refractivity contribution is -0.147. The molecule has 0 radical (unpaired) electrons. The Morgan fingerprint density at radius 3 is 1.35 bits per heavy atom. The van der Waals surface area contributed by atoms with Gasteiger partial charge >= 0.3 is 11.9 Å². The first-order chi connectivity index (χ1) is 15.6. The van der Waals surface area contributed by atoms with Crippen LogP contribution in [0.4, 0.5) is 0 Å². The van der Waals surface area contributed by atoms with Crippen LogP contribution in [-0.2, 0) is 42.7 Å². The van der Waals surface area contributed by atoms with Gasteiger partial charge < -0.3 is 9.47 Å². The Bertz CT molecular complexity index is 1040. The molecule has 2 aromatic rings. The summed E-state index contributed by atoms with van der Waals surface area (Å²) in [6.45, 7) is 20.2. The number of fused-ring (bicyclic) bond motifs is 4. The van der Waals surface area contributed by atoms with E-state index in [-0.39, 0.29) is 22.8 Å². The fraction of sp³-hybridized carbons (Fsp3) is 0.533. The molecule has 3 rings (SSSR count). The third kappa shape index (κ3) is 5.54. The van der Waals surface area contributed by atoms with Crippen LogP contribution in [0.5, 0.6) is 0 Å². The van der Waals surface area contributed by atoms with Crippen LogP contribution >= 0.6 is 0 Å². The third-order valence-electron chi connectivity index (χ3n) is 6.96. The van der Waals surface area contributed by atoms with Crippen LogP contribution < -0.4 is 0 Å². The van der Waals surface area contributed by atoms with E-state index in [4.69, 9.17) is 9.47 Å². The molecule has 0 saturated heterocycles. The Labute approximate surface area is 205 Å². The average Bonchev–Trinajstić information content (AvgIpc) is 2.66. The van der Waals surface area contributed by atoms with Gasteiger partial charge in [0.2, 0.25) is 0 Å². The second-order valence-electron chi connectivity index (χ2n) is 11.8. The standard InChI is InChI=1S/C30H40O4/c1-17-21-11-23(29(5,6)7)12-22(17)14-28(34-20(4)32)26-16-24(30(8,9)10)15-25(18(26)2)27(13-21)33-19(3)31/h11-12,15-16,27-28H,13-14H2,1-10H3. The summed E-state index contributed by atoms with van der Waals surface area (Å²) in [6.07, 6.45) is 0.371. The Morgan fingerprint density at radius 2 is 1.03 bits per heavy atom. The van der Waals surface area contributed by atoms with Gasteiger partial charge in [-0.3, -0.25) is 9.59 Å². The summed E-state index contributed by atoms with van der Waals surface area (Å²) < 4.78 is 11.9. The molecule has 34 heavy (non-hydrogen) atoms. The molecule has 4 bridgehead atoms. The molecule has 0 amide bonds. The minimum absolute atomic E-state index is 0.0429. The molecular weight excluding hydrogens is 424 g/mol. The zero-order chi connectivity index (χ0) is 25.6. The summed E-state index contributed by atoms with van der Waals surface area (Å²) in [5, 5.41) is 0. The van der Waals surface area contributed by atoms with Crippen LogP contribution in [0.1, 0.15) is 112 Å². The van der Waals surface area contributed by atoms with E-state index in [1.54, 1.807) is 0 Å². The fourth-order valence-electron chi connectivity index (χ4n) is 4.79. The lowest BCUT2D eigenvalue weighted by Gasteiger charge is -2.32. The Balaban J connectivity index is 2.37. The van der Waals surface area contributed by atoms with Crippen LogP contribution in [-0.4, -0.2) is 11.9 Å². The summed E-state index contributed by atoms with van der Waals surface area (Å²) in [4.78, 5) is 24.4. The molecule has 0 aliphatic heterocycles. The minimum Gasteiger partial charge on any atom is -0.457 e. The molecule has 0 aromatic heterocycles. The van der Waals surface area contributed by atoms with Gasteiger partial charge in [0.1, 0.15) is 12.2 Å². The van der Waals surface area contributed by atoms with Crippen molar-refractivity contribution in [1.82, 2.24) is 0 Å². The molecule has 2 atom stereocenters. The molecule has 2 aromatic carbocycles. The zero-order valence-corrected chi connectivity index (χ0v) is 22.5. The Hall–Kier alpha value is -2.62. The van der Waals surface area contributed by atoms with Gasteiger partial charge in [0, 0.05) is 26.7 Å². The van der Waals surface area contributed by atoms with E-state index >= 15 is 0 Å². The maximum Gasteiger partial charge on any atom is 0.303 e. The maximum absolute atomic E-state index is 12.2. The molecule has 1 aliphatic rings. The first kappa shape index (κ1) is 26.0. The first-order valence-corrected chi connectivity index (χ1v) is 12.2. The summed E-state index contributed by atoms with van der Waals surface area (Å²) in [5.74, 6) is -0.601. The third-order valence-corrected chi connectivity index (χ3v) is 6.96. The van der Waals surface area contributed by atoms with Gasteiger partial charge in [-0.1, -0.05) is 65.8 Å². The molecule has 0 fully saturated rings. The van der Waals surface area contributed by atoms with E-state index < -0.39 is 12.2 Å². The number of ether oxygens (including phenoxy) is 2. The van der Waals surface area contributed by atoms with Crippen LogP contribution in [0.3, 0.4) is 0 Å². The summed E-state index contributed by atoms with van der Waals surface area (Å²) in [6, 6.07) is 8.84. The number of carbonyl (C=O) groups is 2.